The van der Waals surface area contributed by atoms with Gasteiger partial charge < -0.3 is 9.47 Å². The summed E-state index contributed by atoms with van der Waals surface area (Å²) < 4.78 is 10.4. The van der Waals surface area contributed by atoms with E-state index in [0.29, 0.717) is 16.6 Å². The zero-order valence-electron chi connectivity index (χ0n) is 14.0. The van der Waals surface area contributed by atoms with E-state index in [4.69, 9.17) is 9.47 Å². The normalized spacial score (nSPS) is 10.8. The fourth-order valence-electron chi connectivity index (χ4n) is 2.01. The van der Waals surface area contributed by atoms with Crippen LogP contribution >= 0.6 is 11.3 Å². The lowest BCUT2D eigenvalue weighted by molar-refractivity contribution is -0.111. The first-order chi connectivity index (χ1) is 11.7. The maximum atomic E-state index is 12.0. The van der Waals surface area contributed by atoms with Gasteiger partial charge in [0, 0.05) is 12.5 Å². The lowest BCUT2D eigenvalue weighted by Gasteiger charge is -2.07. The summed E-state index contributed by atoms with van der Waals surface area (Å²) in [4.78, 5) is 12.0. The van der Waals surface area contributed by atoms with Crippen molar-refractivity contribution in [2.75, 3.05) is 19.5 Å². The van der Waals surface area contributed by atoms with Gasteiger partial charge in [-0.25, -0.2) is 0 Å². The first-order valence-corrected chi connectivity index (χ1v) is 8.51. The van der Waals surface area contributed by atoms with Crippen LogP contribution in [0, 0.1) is 0 Å². The Morgan fingerprint density at radius 1 is 1.25 bits per heavy atom. The third-order valence-electron chi connectivity index (χ3n) is 3.28. The van der Waals surface area contributed by atoms with Crippen molar-refractivity contribution >= 4 is 28.5 Å². The number of unbranched alkanes of at least 4 members (excludes halogenated alkanes) is 1. The van der Waals surface area contributed by atoms with Crippen LogP contribution < -0.4 is 14.8 Å². The van der Waals surface area contributed by atoms with Gasteiger partial charge in [-0.05, 0) is 30.2 Å². The summed E-state index contributed by atoms with van der Waals surface area (Å²) in [6.45, 7) is 2.13. The highest BCUT2D eigenvalue weighted by atomic mass is 32.1. The van der Waals surface area contributed by atoms with Crippen LogP contribution in [0.25, 0.3) is 6.08 Å². The van der Waals surface area contributed by atoms with Gasteiger partial charge in [-0.15, -0.1) is 10.2 Å². The Bertz CT molecular complexity index is 713. The molecule has 1 N–H and O–H groups in total. The molecule has 0 spiro atoms. The maximum Gasteiger partial charge on any atom is 0.250 e. The van der Waals surface area contributed by atoms with Crippen molar-refractivity contribution in [3.63, 3.8) is 0 Å². The molecule has 2 rings (SSSR count). The zero-order chi connectivity index (χ0) is 17.4. The van der Waals surface area contributed by atoms with Crippen LogP contribution in [-0.2, 0) is 11.2 Å². The maximum absolute atomic E-state index is 12.0. The second kappa shape index (κ2) is 9.02. The quantitative estimate of drug-likeness (QED) is 0.739. The van der Waals surface area contributed by atoms with E-state index < -0.39 is 0 Å². The summed E-state index contributed by atoms with van der Waals surface area (Å²) in [5.74, 6) is 1.01. The summed E-state index contributed by atoms with van der Waals surface area (Å²) in [6.07, 6.45) is 6.23. The Morgan fingerprint density at radius 3 is 2.75 bits per heavy atom. The van der Waals surface area contributed by atoms with Crippen molar-refractivity contribution in [2.45, 2.75) is 26.2 Å². The molecule has 0 aliphatic carbocycles. The minimum Gasteiger partial charge on any atom is -0.493 e. The van der Waals surface area contributed by atoms with Crippen molar-refractivity contribution < 1.29 is 14.3 Å². The minimum atomic E-state index is -0.247. The van der Waals surface area contributed by atoms with E-state index in [1.165, 1.54) is 17.4 Å². The van der Waals surface area contributed by atoms with E-state index in [1.807, 2.05) is 6.07 Å². The third kappa shape index (κ3) is 5.06. The highest BCUT2D eigenvalue weighted by molar-refractivity contribution is 7.15. The summed E-state index contributed by atoms with van der Waals surface area (Å²) in [7, 11) is 3.15. The molecule has 24 heavy (non-hydrogen) atoms. The molecule has 0 aliphatic rings. The molecule has 6 nitrogen and oxygen atoms in total. The Labute approximate surface area is 145 Å². The van der Waals surface area contributed by atoms with E-state index in [1.54, 1.807) is 32.4 Å². The van der Waals surface area contributed by atoms with Crippen LogP contribution in [0.2, 0.25) is 0 Å². The molecule has 0 aliphatic heterocycles. The van der Waals surface area contributed by atoms with Crippen molar-refractivity contribution in [3.05, 3.63) is 34.8 Å². The second-order valence-electron chi connectivity index (χ2n) is 5.04. The fourth-order valence-corrected chi connectivity index (χ4v) is 2.79. The minimum absolute atomic E-state index is 0.247. The number of aromatic nitrogens is 2. The van der Waals surface area contributed by atoms with Crippen molar-refractivity contribution in [1.82, 2.24) is 10.2 Å². The van der Waals surface area contributed by atoms with Crippen LogP contribution in [0.3, 0.4) is 0 Å². The molecule has 0 bridgehead atoms. The molecule has 0 atom stereocenters. The molecule has 128 valence electrons. The Hall–Kier alpha value is -2.41. The van der Waals surface area contributed by atoms with Crippen LogP contribution in [0.5, 0.6) is 11.5 Å². The number of carbonyl (C=O) groups excluding carboxylic acids is 1. The monoisotopic (exact) mass is 347 g/mol. The molecule has 7 heteroatoms. The molecular formula is C17H21N3O3S. The lowest BCUT2D eigenvalue weighted by atomic mass is 10.2. The average molecular weight is 347 g/mol. The van der Waals surface area contributed by atoms with Gasteiger partial charge >= 0.3 is 0 Å². The van der Waals surface area contributed by atoms with Gasteiger partial charge in [0.1, 0.15) is 5.01 Å². The second-order valence-corrected chi connectivity index (χ2v) is 6.10. The van der Waals surface area contributed by atoms with Crippen LogP contribution in [0.4, 0.5) is 5.13 Å². The first-order valence-electron chi connectivity index (χ1n) is 7.69. The van der Waals surface area contributed by atoms with Gasteiger partial charge in [0.25, 0.3) is 0 Å². The highest BCUT2D eigenvalue weighted by Gasteiger charge is 2.06. The molecule has 0 fully saturated rings. The molecule has 0 unspecified atom stereocenters. The van der Waals surface area contributed by atoms with Gasteiger partial charge in [-0.3, -0.25) is 10.1 Å². The number of carbonyl (C=O) groups is 1. The number of methoxy groups -OCH3 is 2. The number of anilines is 1. The molecule has 1 aromatic heterocycles. The van der Waals surface area contributed by atoms with Gasteiger partial charge in [-0.1, -0.05) is 30.7 Å². The number of aryl methyl sites for hydroxylation is 1. The van der Waals surface area contributed by atoms with Crippen LogP contribution in [0.15, 0.2) is 24.3 Å². The topological polar surface area (TPSA) is 73.3 Å². The third-order valence-corrected chi connectivity index (χ3v) is 4.17. The van der Waals surface area contributed by atoms with E-state index in [0.717, 1.165) is 29.8 Å². The van der Waals surface area contributed by atoms with Crippen LogP contribution in [-0.4, -0.2) is 30.3 Å². The molecule has 1 aromatic carbocycles. The standard InChI is InChI=1S/C17H21N3O3S/c1-4-5-6-16-19-20-17(24-16)18-15(21)10-8-12-7-9-13(22-2)14(11-12)23-3/h7-11H,4-6H2,1-3H3,(H,18,20,21). The van der Waals surface area contributed by atoms with E-state index in [9.17, 15) is 4.79 Å². The van der Waals surface area contributed by atoms with Gasteiger partial charge in [0.2, 0.25) is 11.0 Å². The van der Waals surface area contributed by atoms with Crippen molar-refractivity contribution in [2.24, 2.45) is 0 Å². The predicted octanol–water partition coefficient (Wildman–Crippen LogP) is 3.55. The SMILES string of the molecule is CCCCc1nnc(NC(=O)C=Cc2ccc(OC)c(OC)c2)s1. The van der Waals surface area contributed by atoms with Gasteiger partial charge in [0.15, 0.2) is 11.5 Å². The van der Waals surface area contributed by atoms with Gasteiger partial charge in [-0.2, -0.15) is 0 Å². The highest BCUT2D eigenvalue weighted by Crippen LogP contribution is 2.28. The summed E-state index contributed by atoms with van der Waals surface area (Å²) in [5, 5.41) is 12.2. The fraction of sp³-hybridized carbons (Fsp3) is 0.353. The number of nitrogens with zero attached hydrogens (tertiary/aromatic N) is 2. The first kappa shape index (κ1) is 17.9. The molecule has 0 saturated heterocycles. The van der Waals surface area contributed by atoms with E-state index in [2.05, 4.69) is 22.4 Å². The number of ether oxygens (including phenoxy) is 2. The Kier molecular flexibility index (Phi) is 6.74. The Morgan fingerprint density at radius 2 is 2.04 bits per heavy atom. The molecular weight excluding hydrogens is 326 g/mol. The Balaban J connectivity index is 1.96. The lowest BCUT2D eigenvalue weighted by Crippen LogP contribution is -2.07. The van der Waals surface area contributed by atoms with Gasteiger partial charge in [0.05, 0.1) is 14.2 Å². The van der Waals surface area contributed by atoms with E-state index in [-0.39, 0.29) is 5.91 Å². The summed E-state index contributed by atoms with van der Waals surface area (Å²) >= 11 is 1.41. The molecule has 2 aromatic rings. The number of hydrogen-bond acceptors (Lipinski definition) is 6. The van der Waals surface area contributed by atoms with Crippen LogP contribution in [0.1, 0.15) is 30.3 Å². The number of rotatable bonds is 8. The average Bonchev–Trinajstić information content (AvgIpc) is 3.05. The number of hydrogen-bond donors (Lipinski definition) is 1. The number of benzene rings is 1. The molecule has 0 saturated carbocycles. The predicted molar refractivity (Wildman–Crippen MR) is 95.7 cm³/mol. The zero-order valence-corrected chi connectivity index (χ0v) is 14.9. The molecule has 1 amide bonds. The van der Waals surface area contributed by atoms with E-state index >= 15 is 0 Å². The molecule has 0 radical (unpaired) electrons. The summed E-state index contributed by atoms with van der Waals surface area (Å²) in [6, 6.07) is 5.44. The van der Waals surface area contributed by atoms with Crippen molar-refractivity contribution in [3.8, 4) is 11.5 Å². The molecule has 1 heterocycles. The van der Waals surface area contributed by atoms with Crippen molar-refractivity contribution in [1.29, 1.82) is 0 Å². The summed E-state index contributed by atoms with van der Waals surface area (Å²) in [5.41, 5.74) is 0.837. The largest absolute Gasteiger partial charge is 0.493 e. The number of nitrogens with one attached hydrogen (secondary N) is 1. The number of amides is 1. The smallest absolute Gasteiger partial charge is 0.250 e.